The normalized spacial score (nSPS) is 19.4. The molecule has 1 aliphatic heterocycles. The summed E-state index contributed by atoms with van der Waals surface area (Å²) in [5.74, 6) is 0.471. The molecule has 0 bridgehead atoms. The van der Waals surface area contributed by atoms with E-state index >= 15 is 0 Å². The van der Waals surface area contributed by atoms with Gasteiger partial charge >= 0.3 is 6.03 Å². The third-order valence-corrected chi connectivity index (χ3v) is 2.64. The van der Waals surface area contributed by atoms with E-state index in [1.54, 1.807) is 31.2 Å². The lowest BCUT2D eigenvalue weighted by Gasteiger charge is -2.18. The molecule has 0 spiro atoms. The summed E-state index contributed by atoms with van der Waals surface area (Å²) in [4.78, 5) is 24.3. The van der Waals surface area contributed by atoms with Crippen molar-refractivity contribution in [3.05, 3.63) is 24.3 Å². The SMILES string of the molecule is CCOc1ccc(N2C(=O)NC(=O)C2C)cc1. The van der Waals surface area contributed by atoms with Crippen LogP contribution in [0.15, 0.2) is 24.3 Å². The molecule has 5 heteroatoms. The van der Waals surface area contributed by atoms with Crippen molar-refractivity contribution in [2.75, 3.05) is 11.5 Å². The van der Waals surface area contributed by atoms with E-state index in [2.05, 4.69) is 5.32 Å². The second kappa shape index (κ2) is 4.45. The molecule has 1 fully saturated rings. The third kappa shape index (κ3) is 2.08. The molecule has 0 radical (unpaired) electrons. The van der Waals surface area contributed by atoms with E-state index in [9.17, 15) is 9.59 Å². The summed E-state index contributed by atoms with van der Waals surface area (Å²) in [6, 6.07) is 6.23. The Hall–Kier alpha value is -2.04. The minimum Gasteiger partial charge on any atom is -0.494 e. The highest BCUT2D eigenvalue weighted by molar-refractivity contribution is 6.14. The van der Waals surface area contributed by atoms with Gasteiger partial charge in [0, 0.05) is 5.69 Å². The second-order valence-corrected chi connectivity index (χ2v) is 3.77. The van der Waals surface area contributed by atoms with Crippen molar-refractivity contribution in [3.8, 4) is 5.75 Å². The molecule has 1 saturated heterocycles. The molecule has 0 aromatic heterocycles. The first kappa shape index (κ1) is 11.4. The Balaban J connectivity index is 2.22. The van der Waals surface area contributed by atoms with Gasteiger partial charge < -0.3 is 4.74 Å². The van der Waals surface area contributed by atoms with Crippen LogP contribution in [-0.2, 0) is 4.79 Å². The number of nitrogens with zero attached hydrogens (tertiary/aromatic N) is 1. The first-order valence-electron chi connectivity index (χ1n) is 5.50. The minimum absolute atomic E-state index is 0.274. The van der Waals surface area contributed by atoms with E-state index in [0.29, 0.717) is 12.3 Å². The number of amides is 3. The van der Waals surface area contributed by atoms with Crippen LogP contribution in [0.25, 0.3) is 0 Å². The van der Waals surface area contributed by atoms with E-state index in [1.165, 1.54) is 4.90 Å². The summed E-state index contributed by atoms with van der Waals surface area (Å²) in [6.45, 7) is 4.19. The number of anilines is 1. The molecule has 1 N–H and O–H groups in total. The second-order valence-electron chi connectivity index (χ2n) is 3.77. The van der Waals surface area contributed by atoms with E-state index in [4.69, 9.17) is 4.74 Å². The number of benzene rings is 1. The van der Waals surface area contributed by atoms with Crippen molar-refractivity contribution in [1.82, 2.24) is 5.32 Å². The Morgan fingerprint density at radius 3 is 2.41 bits per heavy atom. The zero-order valence-electron chi connectivity index (χ0n) is 9.77. The van der Waals surface area contributed by atoms with Gasteiger partial charge in [-0.05, 0) is 38.1 Å². The molecule has 1 heterocycles. The molecule has 2 rings (SSSR count). The summed E-state index contributed by atoms with van der Waals surface area (Å²) in [5.41, 5.74) is 0.685. The highest BCUT2D eigenvalue weighted by Gasteiger charge is 2.35. The Bertz CT molecular complexity index is 442. The zero-order chi connectivity index (χ0) is 12.4. The number of nitrogens with one attached hydrogen (secondary N) is 1. The Morgan fingerprint density at radius 2 is 1.94 bits per heavy atom. The smallest absolute Gasteiger partial charge is 0.329 e. The van der Waals surface area contributed by atoms with Gasteiger partial charge in [0.1, 0.15) is 11.8 Å². The van der Waals surface area contributed by atoms with Crippen LogP contribution >= 0.6 is 0 Å². The number of carbonyl (C=O) groups is 2. The molecular formula is C12H14N2O3. The quantitative estimate of drug-likeness (QED) is 0.807. The Kier molecular flexibility index (Phi) is 2.99. The number of hydrogen-bond acceptors (Lipinski definition) is 3. The average Bonchev–Trinajstić information content (AvgIpc) is 2.55. The van der Waals surface area contributed by atoms with Crippen molar-refractivity contribution in [3.63, 3.8) is 0 Å². The Morgan fingerprint density at radius 1 is 1.29 bits per heavy atom. The van der Waals surface area contributed by atoms with Crippen LogP contribution in [-0.4, -0.2) is 24.6 Å². The predicted molar refractivity (Wildman–Crippen MR) is 63.1 cm³/mol. The summed E-state index contributed by atoms with van der Waals surface area (Å²) in [7, 11) is 0. The number of urea groups is 1. The number of ether oxygens (including phenoxy) is 1. The minimum atomic E-state index is -0.472. The fraction of sp³-hybridized carbons (Fsp3) is 0.333. The molecule has 0 aliphatic carbocycles. The van der Waals surface area contributed by atoms with Crippen LogP contribution in [0.3, 0.4) is 0 Å². The van der Waals surface area contributed by atoms with Gasteiger partial charge in [-0.2, -0.15) is 0 Å². The van der Waals surface area contributed by atoms with Crippen LogP contribution in [0, 0.1) is 0 Å². The van der Waals surface area contributed by atoms with Gasteiger partial charge in [-0.15, -0.1) is 0 Å². The summed E-state index contributed by atoms with van der Waals surface area (Å²) in [6.07, 6.45) is 0. The van der Waals surface area contributed by atoms with Gasteiger partial charge in [0.2, 0.25) is 0 Å². The molecule has 90 valence electrons. The van der Waals surface area contributed by atoms with Crippen LogP contribution < -0.4 is 15.0 Å². The summed E-state index contributed by atoms with van der Waals surface area (Å²) >= 11 is 0. The molecule has 1 atom stereocenters. The number of imide groups is 1. The lowest BCUT2D eigenvalue weighted by molar-refractivity contribution is -0.119. The molecule has 1 aromatic carbocycles. The predicted octanol–water partition coefficient (Wildman–Crippen LogP) is 1.53. The highest BCUT2D eigenvalue weighted by Crippen LogP contribution is 2.23. The zero-order valence-corrected chi connectivity index (χ0v) is 9.77. The topological polar surface area (TPSA) is 58.6 Å². The summed E-state index contributed by atoms with van der Waals surface area (Å²) in [5, 5.41) is 2.27. The molecule has 5 nitrogen and oxygen atoms in total. The third-order valence-electron chi connectivity index (χ3n) is 2.64. The van der Waals surface area contributed by atoms with E-state index in [0.717, 1.165) is 5.75 Å². The lowest BCUT2D eigenvalue weighted by atomic mass is 10.2. The van der Waals surface area contributed by atoms with E-state index < -0.39 is 6.04 Å². The molecule has 3 amide bonds. The fourth-order valence-electron chi connectivity index (χ4n) is 1.77. The van der Waals surface area contributed by atoms with Crippen LogP contribution in [0.2, 0.25) is 0 Å². The standard InChI is InChI=1S/C12H14N2O3/c1-3-17-10-6-4-9(5-7-10)14-8(2)11(15)13-12(14)16/h4-8H,3H2,1-2H3,(H,13,15,16). The molecule has 0 saturated carbocycles. The van der Waals surface area contributed by atoms with Crippen molar-refractivity contribution in [2.24, 2.45) is 0 Å². The molecule has 1 unspecified atom stereocenters. The van der Waals surface area contributed by atoms with Crippen molar-refractivity contribution in [1.29, 1.82) is 0 Å². The van der Waals surface area contributed by atoms with Gasteiger partial charge in [0.15, 0.2) is 0 Å². The number of rotatable bonds is 3. The van der Waals surface area contributed by atoms with Crippen molar-refractivity contribution in [2.45, 2.75) is 19.9 Å². The Labute approximate surface area is 99.4 Å². The first-order chi connectivity index (χ1) is 8.13. The summed E-state index contributed by atoms with van der Waals surface area (Å²) < 4.78 is 5.31. The van der Waals surface area contributed by atoms with Crippen molar-refractivity contribution >= 4 is 17.6 Å². The maximum Gasteiger partial charge on any atom is 0.329 e. The average molecular weight is 234 g/mol. The lowest BCUT2D eigenvalue weighted by Crippen LogP contribution is -2.32. The van der Waals surface area contributed by atoms with E-state index in [-0.39, 0.29) is 11.9 Å². The van der Waals surface area contributed by atoms with Crippen LogP contribution in [0.4, 0.5) is 10.5 Å². The largest absolute Gasteiger partial charge is 0.494 e. The number of hydrogen-bond donors (Lipinski definition) is 1. The van der Waals surface area contributed by atoms with Gasteiger partial charge in [0.25, 0.3) is 5.91 Å². The molecule has 1 aliphatic rings. The van der Waals surface area contributed by atoms with E-state index in [1.807, 2.05) is 6.92 Å². The van der Waals surface area contributed by atoms with Gasteiger partial charge in [-0.25, -0.2) is 4.79 Å². The maximum atomic E-state index is 11.6. The van der Waals surface area contributed by atoms with Crippen LogP contribution in [0.1, 0.15) is 13.8 Å². The fourth-order valence-corrected chi connectivity index (χ4v) is 1.77. The molecule has 17 heavy (non-hydrogen) atoms. The van der Waals surface area contributed by atoms with Crippen molar-refractivity contribution < 1.29 is 14.3 Å². The molecular weight excluding hydrogens is 220 g/mol. The first-order valence-corrected chi connectivity index (χ1v) is 5.50. The van der Waals surface area contributed by atoms with Crippen LogP contribution in [0.5, 0.6) is 5.75 Å². The van der Waals surface area contributed by atoms with Gasteiger partial charge in [0.05, 0.1) is 6.61 Å². The highest BCUT2D eigenvalue weighted by atomic mass is 16.5. The monoisotopic (exact) mass is 234 g/mol. The van der Waals surface area contributed by atoms with Gasteiger partial charge in [-0.1, -0.05) is 0 Å². The maximum absolute atomic E-state index is 11.6. The number of carbonyl (C=O) groups excluding carboxylic acids is 2. The molecule has 1 aromatic rings. The van der Waals surface area contributed by atoms with Gasteiger partial charge in [-0.3, -0.25) is 15.0 Å².